The number of hydrogen-bond acceptors (Lipinski definition) is 3. The molecule has 2 N–H and O–H groups in total. The lowest BCUT2D eigenvalue weighted by Crippen LogP contribution is -2.33. The summed E-state index contributed by atoms with van der Waals surface area (Å²) in [6.07, 6.45) is 3.35. The maximum absolute atomic E-state index is 11.3. The molecule has 1 heterocycles. The molecule has 120 valence electrons. The van der Waals surface area contributed by atoms with Crippen LogP contribution in [0.3, 0.4) is 0 Å². The monoisotopic (exact) mass is 310 g/mol. The quantitative estimate of drug-likeness (QED) is 0.771. The molecule has 4 nitrogen and oxygen atoms in total. The van der Waals surface area contributed by atoms with Crippen LogP contribution in [0.15, 0.2) is 42.9 Å². The highest BCUT2D eigenvalue weighted by Crippen LogP contribution is 2.38. The van der Waals surface area contributed by atoms with Gasteiger partial charge in [0.25, 0.3) is 0 Å². The molecule has 23 heavy (non-hydrogen) atoms. The molecule has 0 amide bonds. The number of aromatic nitrogens is 2. The second kappa shape index (κ2) is 5.70. The highest BCUT2D eigenvalue weighted by Gasteiger charge is 2.37. The fourth-order valence-electron chi connectivity index (χ4n) is 3.17. The number of H-pyrrole nitrogens is 1. The number of aromatic amines is 1. The van der Waals surface area contributed by atoms with Gasteiger partial charge in [0.15, 0.2) is 0 Å². The third kappa shape index (κ3) is 2.39. The SMILES string of the molecule is COc1ccc2cc(C(O)(c3c[nH]cn3)C(C)C)ccc2c1C. The van der Waals surface area contributed by atoms with Crippen molar-refractivity contribution in [1.29, 1.82) is 0 Å². The van der Waals surface area contributed by atoms with E-state index in [1.165, 1.54) is 0 Å². The summed E-state index contributed by atoms with van der Waals surface area (Å²) in [5, 5.41) is 13.5. The van der Waals surface area contributed by atoms with Gasteiger partial charge in [-0.1, -0.05) is 32.0 Å². The van der Waals surface area contributed by atoms with Gasteiger partial charge in [-0.3, -0.25) is 0 Å². The Bertz CT molecular complexity index is 825. The Morgan fingerprint density at radius 1 is 1.22 bits per heavy atom. The van der Waals surface area contributed by atoms with Gasteiger partial charge in [0.1, 0.15) is 11.4 Å². The van der Waals surface area contributed by atoms with Gasteiger partial charge in [0.2, 0.25) is 0 Å². The van der Waals surface area contributed by atoms with Crippen molar-refractivity contribution in [1.82, 2.24) is 9.97 Å². The summed E-state index contributed by atoms with van der Waals surface area (Å²) >= 11 is 0. The first-order valence-corrected chi connectivity index (χ1v) is 7.78. The molecule has 0 saturated heterocycles. The Morgan fingerprint density at radius 2 is 2.00 bits per heavy atom. The first-order chi connectivity index (χ1) is 11.0. The Morgan fingerprint density at radius 3 is 2.61 bits per heavy atom. The van der Waals surface area contributed by atoms with Crippen LogP contribution in [0.25, 0.3) is 10.8 Å². The standard InChI is InChI=1S/C19H22N2O2/c1-12(2)19(22,18-10-20-11-21-18)15-6-7-16-13(3)17(23-4)8-5-14(16)9-15/h5-12,22H,1-4H3,(H,20,21). The maximum atomic E-state index is 11.3. The van der Waals surface area contributed by atoms with E-state index in [1.807, 2.05) is 51.1 Å². The Labute approximate surface area is 136 Å². The van der Waals surface area contributed by atoms with E-state index in [-0.39, 0.29) is 5.92 Å². The summed E-state index contributed by atoms with van der Waals surface area (Å²) in [6.45, 7) is 6.04. The van der Waals surface area contributed by atoms with Crippen molar-refractivity contribution in [2.75, 3.05) is 7.11 Å². The van der Waals surface area contributed by atoms with Crippen molar-refractivity contribution in [2.45, 2.75) is 26.4 Å². The molecule has 1 aromatic heterocycles. The van der Waals surface area contributed by atoms with E-state index in [0.717, 1.165) is 27.6 Å². The van der Waals surface area contributed by atoms with Gasteiger partial charge < -0.3 is 14.8 Å². The Hall–Kier alpha value is -2.33. The van der Waals surface area contributed by atoms with Crippen LogP contribution in [0, 0.1) is 12.8 Å². The number of hydrogen-bond donors (Lipinski definition) is 2. The van der Waals surface area contributed by atoms with E-state index in [9.17, 15) is 5.11 Å². The molecule has 1 unspecified atom stereocenters. The van der Waals surface area contributed by atoms with E-state index in [4.69, 9.17) is 4.74 Å². The molecule has 0 fully saturated rings. The highest BCUT2D eigenvalue weighted by molar-refractivity contribution is 5.88. The largest absolute Gasteiger partial charge is 0.496 e. The van der Waals surface area contributed by atoms with Gasteiger partial charge in [-0.25, -0.2) is 4.98 Å². The molecule has 0 aliphatic carbocycles. The number of benzene rings is 2. The maximum Gasteiger partial charge on any atom is 0.135 e. The van der Waals surface area contributed by atoms with Crippen LogP contribution < -0.4 is 4.74 Å². The second-order valence-electron chi connectivity index (χ2n) is 6.20. The summed E-state index contributed by atoms with van der Waals surface area (Å²) in [6, 6.07) is 10.0. The van der Waals surface area contributed by atoms with Gasteiger partial charge in [-0.05, 0) is 46.9 Å². The third-order valence-electron chi connectivity index (χ3n) is 4.62. The number of aliphatic hydroxyl groups is 1. The molecule has 0 aliphatic heterocycles. The number of nitrogens with zero attached hydrogens (tertiary/aromatic N) is 1. The molecule has 0 radical (unpaired) electrons. The number of ether oxygens (including phenoxy) is 1. The highest BCUT2D eigenvalue weighted by atomic mass is 16.5. The molecular weight excluding hydrogens is 288 g/mol. The zero-order valence-electron chi connectivity index (χ0n) is 13.9. The van der Waals surface area contributed by atoms with Gasteiger partial charge in [-0.2, -0.15) is 0 Å². The smallest absolute Gasteiger partial charge is 0.135 e. The van der Waals surface area contributed by atoms with E-state index in [2.05, 4.69) is 9.97 Å². The average molecular weight is 310 g/mol. The van der Waals surface area contributed by atoms with Crippen LogP contribution in [0.4, 0.5) is 0 Å². The summed E-state index contributed by atoms with van der Waals surface area (Å²) in [7, 11) is 1.68. The summed E-state index contributed by atoms with van der Waals surface area (Å²) < 4.78 is 5.38. The molecular formula is C19H22N2O2. The van der Waals surface area contributed by atoms with Crippen molar-refractivity contribution in [3.05, 3.63) is 59.7 Å². The van der Waals surface area contributed by atoms with E-state index >= 15 is 0 Å². The van der Waals surface area contributed by atoms with Crippen LogP contribution >= 0.6 is 0 Å². The predicted octanol–water partition coefficient (Wildman–Crippen LogP) is 3.77. The fourth-order valence-corrected chi connectivity index (χ4v) is 3.17. The molecule has 3 aromatic rings. The van der Waals surface area contributed by atoms with Crippen molar-refractivity contribution in [3.8, 4) is 5.75 Å². The van der Waals surface area contributed by atoms with Gasteiger partial charge >= 0.3 is 0 Å². The minimum atomic E-state index is -1.12. The molecule has 4 heteroatoms. The van der Waals surface area contributed by atoms with Crippen molar-refractivity contribution >= 4 is 10.8 Å². The first kappa shape index (κ1) is 15.6. The average Bonchev–Trinajstić information content (AvgIpc) is 3.09. The first-order valence-electron chi connectivity index (χ1n) is 7.78. The van der Waals surface area contributed by atoms with Gasteiger partial charge in [0, 0.05) is 6.20 Å². The fraction of sp³-hybridized carbons (Fsp3) is 0.316. The topological polar surface area (TPSA) is 58.1 Å². The van der Waals surface area contributed by atoms with Crippen LogP contribution in [0.1, 0.15) is 30.7 Å². The molecule has 0 spiro atoms. The number of methoxy groups -OCH3 is 1. The third-order valence-corrected chi connectivity index (χ3v) is 4.62. The van der Waals surface area contributed by atoms with Crippen LogP contribution in [0.2, 0.25) is 0 Å². The Balaban J connectivity index is 2.19. The van der Waals surface area contributed by atoms with Crippen LogP contribution in [-0.2, 0) is 5.60 Å². The summed E-state index contributed by atoms with van der Waals surface area (Å²) in [5.74, 6) is 0.860. The lowest BCUT2D eigenvalue weighted by molar-refractivity contribution is 0.0281. The van der Waals surface area contributed by atoms with Crippen LogP contribution in [0.5, 0.6) is 5.75 Å². The number of fused-ring (bicyclic) bond motifs is 1. The minimum absolute atomic E-state index is 0.0115. The van der Waals surface area contributed by atoms with E-state index in [1.54, 1.807) is 19.6 Å². The number of nitrogens with one attached hydrogen (secondary N) is 1. The predicted molar refractivity (Wildman–Crippen MR) is 91.7 cm³/mol. The Kier molecular flexibility index (Phi) is 3.86. The summed E-state index contributed by atoms with van der Waals surface area (Å²) in [4.78, 5) is 7.22. The van der Waals surface area contributed by atoms with E-state index in [0.29, 0.717) is 5.69 Å². The van der Waals surface area contributed by atoms with Crippen molar-refractivity contribution in [2.24, 2.45) is 5.92 Å². The zero-order chi connectivity index (χ0) is 16.6. The normalized spacial score (nSPS) is 14.2. The van der Waals surface area contributed by atoms with Gasteiger partial charge in [-0.15, -0.1) is 0 Å². The molecule has 0 aliphatic rings. The lowest BCUT2D eigenvalue weighted by atomic mass is 9.80. The molecule has 0 bridgehead atoms. The van der Waals surface area contributed by atoms with Crippen molar-refractivity contribution in [3.63, 3.8) is 0 Å². The molecule has 2 aromatic carbocycles. The number of aryl methyl sites for hydroxylation is 1. The second-order valence-corrected chi connectivity index (χ2v) is 6.20. The molecule has 1 atom stereocenters. The molecule has 0 saturated carbocycles. The van der Waals surface area contributed by atoms with Crippen molar-refractivity contribution < 1.29 is 9.84 Å². The van der Waals surface area contributed by atoms with Crippen LogP contribution in [-0.4, -0.2) is 22.2 Å². The zero-order valence-corrected chi connectivity index (χ0v) is 13.9. The van der Waals surface area contributed by atoms with E-state index < -0.39 is 5.60 Å². The summed E-state index contributed by atoms with van der Waals surface area (Å²) in [5.41, 5.74) is 1.46. The number of rotatable bonds is 4. The number of imidazole rings is 1. The van der Waals surface area contributed by atoms with Gasteiger partial charge in [0.05, 0.1) is 19.1 Å². The lowest BCUT2D eigenvalue weighted by Gasteiger charge is -2.31. The minimum Gasteiger partial charge on any atom is -0.496 e. The molecule has 3 rings (SSSR count).